The molecule has 0 spiro atoms. The van der Waals surface area contributed by atoms with Gasteiger partial charge in [-0.1, -0.05) is 55.3 Å². The minimum atomic E-state index is -0.429. The number of unbranched alkanes of at least 4 members (excludes halogenated alkanes) is 1. The first-order valence-corrected chi connectivity index (χ1v) is 9.72. The number of para-hydroxylation sites is 1. The fourth-order valence-electron chi connectivity index (χ4n) is 3.19. The third-order valence-corrected chi connectivity index (χ3v) is 4.70. The second-order valence-corrected chi connectivity index (χ2v) is 6.78. The van der Waals surface area contributed by atoms with Crippen LogP contribution in [0.15, 0.2) is 59.5 Å². The normalized spacial score (nSPS) is 10.8. The van der Waals surface area contributed by atoms with Gasteiger partial charge in [0.15, 0.2) is 0 Å². The Kier molecular flexibility index (Phi) is 6.14. The van der Waals surface area contributed by atoms with Crippen molar-refractivity contribution in [1.82, 2.24) is 9.13 Å². The zero-order valence-corrected chi connectivity index (χ0v) is 16.6. The largest absolute Gasteiger partial charge is 0.462 e. The van der Waals surface area contributed by atoms with Gasteiger partial charge in [0.1, 0.15) is 0 Å². The summed E-state index contributed by atoms with van der Waals surface area (Å²) in [5.41, 5.74) is 3.61. The average molecular weight is 378 g/mol. The molecule has 0 saturated heterocycles. The lowest BCUT2D eigenvalue weighted by molar-refractivity contribution is 0.0526. The molecule has 5 heteroatoms. The zero-order chi connectivity index (χ0) is 20.1. The van der Waals surface area contributed by atoms with Gasteiger partial charge in [-0.2, -0.15) is 0 Å². The summed E-state index contributed by atoms with van der Waals surface area (Å²) >= 11 is 0. The molecular weight excluding hydrogens is 352 g/mol. The van der Waals surface area contributed by atoms with Gasteiger partial charge in [0.25, 0.3) is 0 Å². The van der Waals surface area contributed by atoms with Crippen LogP contribution in [0.25, 0.3) is 16.9 Å². The molecule has 2 aromatic carbocycles. The van der Waals surface area contributed by atoms with Gasteiger partial charge in [0.05, 0.1) is 23.6 Å². The number of hydrogen-bond acceptors (Lipinski definition) is 3. The van der Waals surface area contributed by atoms with Crippen molar-refractivity contribution in [3.8, 4) is 16.9 Å². The molecule has 3 aromatic rings. The van der Waals surface area contributed by atoms with Crippen LogP contribution in [0.1, 0.15) is 42.6 Å². The van der Waals surface area contributed by atoms with Crippen molar-refractivity contribution in [2.45, 2.75) is 40.2 Å². The highest BCUT2D eigenvalue weighted by molar-refractivity contribution is 5.93. The highest BCUT2D eigenvalue weighted by Crippen LogP contribution is 2.25. The molecule has 28 heavy (non-hydrogen) atoms. The molecule has 5 nitrogen and oxygen atoms in total. The zero-order valence-electron chi connectivity index (χ0n) is 16.6. The van der Waals surface area contributed by atoms with Crippen molar-refractivity contribution in [2.24, 2.45) is 0 Å². The number of aryl methyl sites for hydroxylation is 2. The maximum atomic E-state index is 13.2. The number of hydrogen-bond donors (Lipinski definition) is 0. The monoisotopic (exact) mass is 378 g/mol. The summed E-state index contributed by atoms with van der Waals surface area (Å²) in [6.07, 6.45) is 3.79. The number of carbonyl (C=O) groups excluding carboxylic acids is 1. The maximum absolute atomic E-state index is 13.2. The van der Waals surface area contributed by atoms with Crippen molar-refractivity contribution >= 4 is 5.97 Å². The fraction of sp³-hybridized carbons (Fsp3) is 0.304. The van der Waals surface area contributed by atoms with Crippen molar-refractivity contribution < 1.29 is 9.53 Å². The highest BCUT2D eigenvalue weighted by Gasteiger charge is 2.20. The van der Waals surface area contributed by atoms with Gasteiger partial charge in [-0.3, -0.25) is 9.13 Å². The first-order chi connectivity index (χ1) is 13.6. The Labute approximate surface area is 165 Å². The van der Waals surface area contributed by atoms with Gasteiger partial charge in [-0.25, -0.2) is 9.59 Å². The van der Waals surface area contributed by atoms with E-state index >= 15 is 0 Å². The molecule has 0 saturated carbocycles. The Morgan fingerprint density at radius 2 is 1.75 bits per heavy atom. The summed E-state index contributed by atoms with van der Waals surface area (Å²) in [5, 5.41) is 0. The predicted molar refractivity (Wildman–Crippen MR) is 111 cm³/mol. The molecule has 1 aromatic heterocycles. The van der Waals surface area contributed by atoms with Crippen LogP contribution in [0, 0.1) is 6.92 Å². The molecule has 0 fully saturated rings. The molecule has 0 aliphatic heterocycles. The van der Waals surface area contributed by atoms with Crippen LogP contribution in [0.3, 0.4) is 0 Å². The molecule has 0 radical (unpaired) electrons. The van der Waals surface area contributed by atoms with Gasteiger partial charge in [-0.15, -0.1) is 0 Å². The summed E-state index contributed by atoms with van der Waals surface area (Å²) < 4.78 is 8.54. The van der Waals surface area contributed by atoms with Crippen LogP contribution >= 0.6 is 0 Å². The summed E-state index contributed by atoms with van der Waals surface area (Å²) in [6, 6.07) is 15.1. The standard InChI is InChI=1S/C23H26N2O3/c1-4-6-15-24-16-21(18-13-11-17(3)12-14-18)25(23(24)27)20-10-8-7-9-19(20)22(26)28-5-2/h7-14,16H,4-6,15H2,1-3H3. The second kappa shape index (κ2) is 8.74. The number of ether oxygens (including phenoxy) is 1. The number of rotatable bonds is 7. The van der Waals surface area contributed by atoms with E-state index in [1.165, 1.54) is 0 Å². The first kappa shape index (κ1) is 19.7. The molecule has 0 aliphatic rings. The third kappa shape index (κ3) is 3.93. The van der Waals surface area contributed by atoms with Gasteiger partial charge >= 0.3 is 11.7 Å². The lowest BCUT2D eigenvalue weighted by atomic mass is 10.1. The fourth-order valence-corrected chi connectivity index (χ4v) is 3.19. The van der Waals surface area contributed by atoms with E-state index in [1.807, 2.05) is 43.5 Å². The minimum absolute atomic E-state index is 0.152. The molecule has 0 bridgehead atoms. The van der Waals surface area contributed by atoms with E-state index in [2.05, 4.69) is 6.92 Å². The number of esters is 1. The van der Waals surface area contributed by atoms with Crippen molar-refractivity contribution in [3.05, 3.63) is 76.3 Å². The summed E-state index contributed by atoms with van der Waals surface area (Å²) in [6.45, 7) is 6.82. The van der Waals surface area contributed by atoms with Crippen molar-refractivity contribution in [1.29, 1.82) is 0 Å². The minimum Gasteiger partial charge on any atom is -0.462 e. The van der Waals surface area contributed by atoms with E-state index in [0.29, 0.717) is 17.8 Å². The molecule has 3 rings (SSSR count). The van der Waals surface area contributed by atoms with Crippen LogP contribution in [0.2, 0.25) is 0 Å². The SMILES string of the molecule is CCCCn1cc(-c2ccc(C)cc2)n(-c2ccccc2C(=O)OCC)c1=O. The molecular formula is C23H26N2O3. The van der Waals surface area contributed by atoms with Gasteiger partial charge in [0.2, 0.25) is 0 Å². The Morgan fingerprint density at radius 3 is 2.43 bits per heavy atom. The number of imidazole rings is 1. The summed E-state index contributed by atoms with van der Waals surface area (Å²) in [7, 11) is 0. The predicted octanol–water partition coefficient (Wildman–Crippen LogP) is 4.59. The van der Waals surface area contributed by atoms with E-state index in [1.54, 1.807) is 34.3 Å². The Hall–Kier alpha value is -3.08. The quantitative estimate of drug-likeness (QED) is 0.565. The highest BCUT2D eigenvalue weighted by atomic mass is 16.5. The molecule has 1 heterocycles. The second-order valence-electron chi connectivity index (χ2n) is 6.78. The van der Waals surface area contributed by atoms with Gasteiger partial charge < -0.3 is 4.74 Å². The van der Waals surface area contributed by atoms with Crippen LogP contribution in [0.4, 0.5) is 0 Å². The van der Waals surface area contributed by atoms with E-state index in [4.69, 9.17) is 4.74 Å². The lowest BCUT2D eigenvalue weighted by Gasteiger charge is -2.12. The van der Waals surface area contributed by atoms with Crippen molar-refractivity contribution in [3.63, 3.8) is 0 Å². The molecule has 0 N–H and O–H groups in total. The summed E-state index contributed by atoms with van der Waals surface area (Å²) in [4.78, 5) is 25.7. The van der Waals surface area contributed by atoms with E-state index < -0.39 is 5.97 Å². The van der Waals surface area contributed by atoms with E-state index in [9.17, 15) is 9.59 Å². The van der Waals surface area contributed by atoms with Crippen LogP contribution < -0.4 is 5.69 Å². The molecule has 146 valence electrons. The van der Waals surface area contributed by atoms with E-state index in [-0.39, 0.29) is 12.3 Å². The maximum Gasteiger partial charge on any atom is 0.340 e. The summed E-state index contributed by atoms with van der Waals surface area (Å²) in [5.74, 6) is -0.429. The number of carbonyl (C=O) groups is 1. The Morgan fingerprint density at radius 1 is 1.04 bits per heavy atom. The van der Waals surface area contributed by atoms with E-state index in [0.717, 1.165) is 29.7 Å². The van der Waals surface area contributed by atoms with Crippen LogP contribution in [-0.2, 0) is 11.3 Å². The first-order valence-electron chi connectivity index (χ1n) is 9.72. The van der Waals surface area contributed by atoms with Crippen molar-refractivity contribution in [2.75, 3.05) is 6.61 Å². The number of aromatic nitrogens is 2. The molecule has 0 aliphatic carbocycles. The number of benzene rings is 2. The van der Waals surface area contributed by atoms with Gasteiger partial charge in [0, 0.05) is 18.3 Å². The molecule has 0 amide bonds. The van der Waals surface area contributed by atoms with Crippen LogP contribution in [-0.4, -0.2) is 21.7 Å². The third-order valence-electron chi connectivity index (χ3n) is 4.70. The lowest BCUT2D eigenvalue weighted by Crippen LogP contribution is -2.25. The number of nitrogens with zero attached hydrogens (tertiary/aromatic N) is 2. The Bertz CT molecular complexity index is 1010. The molecule has 0 unspecified atom stereocenters. The molecule has 0 atom stereocenters. The topological polar surface area (TPSA) is 53.2 Å². The smallest absolute Gasteiger partial charge is 0.340 e. The Balaban J connectivity index is 2.22. The van der Waals surface area contributed by atoms with Gasteiger partial charge in [-0.05, 0) is 32.4 Å². The van der Waals surface area contributed by atoms with Crippen LogP contribution in [0.5, 0.6) is 0 Å². The average Bonchev–Trinajstić information content (AvgIpc) is 3.03.